The van der Waals surface area contributed by atoms with Gasteiger partial charge in [-0.25, -0.2) is 0 Å². The maximum atomic E-state index is 11.7. The van der Waals surface area contributed by atoms with Gasteiger partial charge in [-0.2, -0.15) is 0 Å². The van der Waals surface area contributed by atoms with Gasteiger partial charge in [0.1, 0.15) is 0 Å². The molecule has 92 valence electrons. The van der Waals surface area contributed by atoms with E-state index in [-0.39, 0.29) is 11.9 Å². The Morgan fingerprint density at radius 3 is 3.00 bits per heavy atom. The Labute approximate surface area is 114 Å². The van der Waals surface area contributed by atoms with Crippen molar-refractivity contribution in [2.75, 3.05) is 11.6 Å². The molecule has 1 aromatic rings. The first-order valence-electron chi connectivity index (χ1n) is 5.19. The third-order valence-electron chi connectivity index (χ3n) is 2.50. The number of benzene rings is 1. The molecular weight excluding hydrogens is 279 g/mol. The zero-order chi connectivity index (χ0) is 12.3. The van der Waals surface area contributed by atoms with Gasteiger partial charge in [-0.15, -0.1) is 11.8 Å². The van der Waals surface area contributed by atoms with Crippen LogP contribution in [-0.2, 0) is 11.3 Å². The van der Waals surface area contributed by atoms with E-state index in [2.05, 4.69) is 10.6 Å². The molecule has 1 fully saturated rings. The highest BCUT2D eigenvalue weighted by Crippen LogP contribution is 2.20. The van der Waals surface area contributed by atoms with E-state index in [1.165, 1.54) is 0 Å². The van der Waals surface area contributed by atoms with Crippen molar-refractivity contribution in [3.63, 3.8) is 0 Å². The zero-order valence-electron chi connectivity index (χ0n) is 9.00. The van der Waals surface area contributed by atoms with Gasteiger partial charge in [0.2, 0.25) is 5.91 Å². The van der Waals surface area contributed by atoms with Gasteiger partial charge in [-0.3, -0.25) is 10.1 Å². The molecule has 1 amide bonds. The van der Waals surface area contributed by atoms with E-state index in [1.54, 1.807) is 23.9 Å². The first-order valence-corrected chi connectivity index (χ1v) is 7.10. The second-order valence-corrected chi connectivity index (χ2v) is 5.60. The van der Waals surface area contributed by atoms with Crippen LogP contribution < -0.4 is 10.6 Å². The van der Waals surface area contributed by atoms with E-state index in [9.17, 15) is 4.79 Å². The minimum absolute atomic E-state index is 0.0148. The van der Waals surface area contributed by atoms with Crippen LogP contribution in [0.1, 0.15) is 5.56 Å². The zero-order valence-corrected chi connectivity index (χ0v) is 11.3. The summed E-state index contributed by atoms with van der Waals surface area (Å²) < 4.78 is 0. The lowest BCUT2D eigenvalue weighted by Crippen LogP contribution is -2.41. The topological polar surface area (TPSA) is 41.1 Å². The molecule has 1 heterocycles. The maximum Gasteiger partial charge on any atom is 0.238 e. The molecule has 1 aromatic carbocycles. The van der Waals surface area contributed by atoms with Crippen LogP contribution >= 0.6 is 35.0 Å². The number of carbonyl (C=O) groups excluding carboxylic acids is 1. The minimum Gasteiger partial charge on any atom is -0.351 e. The Kier molecular flexibility index (Phi) is 4.56. The van der Waals surface area contributed by atoms with E-state index in [0.717, 1.165) is 17.2 Å². The van der Waals surface area contributed by atoms with Crippen LogP contribution in [-0.4, -0.2) is 23.6 Å². The molecule has 2 rings (SSSR count). The van der Waals surface area contributed by atoms with Crippen LogP contribution in [0.2, 0.25) is 10.0 Å². The van der Waals surface area contributed by atoms with Crippen molar-refractivity contribution < 1.29 is 4.79 Å². The van der Waals surface area contributed by atoms with E-state index < -0.39 is 0 Å². The van der Waals surface area contributed by atoms with E-state index >= 15 is 0 Å². The van der Waals surface area contributed by atoms with Crippen LogP contribution in [0, 0.1) is 0 Å². The van der Waals surface area contributed by atoms with Crippen molar-refractivity contribution in [3.8, 4) is 0 Å². The summed E-state index contributed by atoms with van der Waals surface area (Å²) in [6.45, 7) is 0.428. The van der Waals surface area contributed by atoms with Gasteiger partial charge >= 0.3 is 0 Å². The van der Waals surface area contributed by atoms with E-state index in [4.69, 9.17) is 23.2 Å². The van der Waals surface area contributed by atoms with Crippen molar-refractivity contribution in [1.29, 1.82) is 0 Å². The van der Waals surface area contributed by atoms with Gasteiger partial charge in [-0.05, 0) is 17.7 Å². The molecule has 2 N–H and O–H groups in total. The van der Waals surface area contributed by atoms with Crippen molar-refractivity contribution in [2.24, 2.45) is 0 Å². The van der Waals surface area contributed by atoms with Crippen LogP contribution in [0.25, 0.3) is 0 Å². The summed E-state index contributed by atoms with van der Waals surface area (Å²) in [4.78, 5) is 11.7. The molecule has 0 saturated carbocycles. The van der Waals surface area contributed by atoms with E-state index in [1.807, 2.05) is 6.07 Å². The smallest absolute Gasteiger partial charge is 0.238 e. The van der Waals surface area contributed by atoms with Crippen LogP contribution in [0.5, 0.6) is 0 Å². The highest BCUT2D eigenvalue weighted by molar-refractivity contribution is 7.99. The minimum atomic E-state index is -0.0916. The number of hydrogen-bond donors (Lipinski definition) is 2. The Hall–Kier alpha value is -0.420. The van der Waals surface area contributed by atoms with Gasteiger partial charge in [0, 0.05) is 28.2 Å². The summed E-state index contributed by atoms with van der Waals surface area (Å²) in [5.41, 5.74) is 0.870. The molecule has 17 heavy (non-hydrogen) atoms. The predicted molar refractivity (Wildman–Crippen MR) is 72.6 cm³/mol. The maximum absolute atomic E-state index is 11.7. The molecule has 6 heteroatoms. The SMILES string of the molecule is O=C(NCc1ccc(Cl)cc1Cl)C1CSCN1. The third kappa shape index (κ3) is 3.52. The highest BCUT2D eigenvalue weighted by atomic mass is 35.5. The second-order valence-electron chi connectivity index (χ2n) is 3.73. The molecule has 1 unspecified atom stereocenters. The molecule has 0 bridgehead atoms. The summed E-state index contributed by atoms with van der Waals surface area (Å²) in [5.74, 6) is 1.67. The average molecular weight is 291 g/mol. The first-order chi connectivity index (χ1) is 8.16. The van der Waals surface area contributed by atoms with Crippen LogP contribution in [0.4, 0.5) is 0 Å². The Balaban J connectivity index is 1.90. The Bertz CT molecular complexity index is 422. The second kappa shape index (κ2) is 5.96. The lowest BCUT2D eigenvalue weighted by atomic mass is 10.2. The first kappa shape index (κ1) is 13.0. The van der Waals surface area contributed by atoms with Crippen molar-refractivity contribution in [2.45, 2.75) is 12.6 Å². The summed E-state index contributed by atoms with van der Waals surface area (Å²) in [6, 6.07) is 5.17. The van der Waals surface area contributed by atoms with Crippen molar-refractivity contribution in [1.82, 2.24) is 10.6 Å². The van der Waals surface area contributed by atoms with Crippen LogP contribution in [0.3, 0.4) is 0 Å². The molecule has 0 radical (unpaired) electrons. The number of halogens is 2. The quantitative estimate of drug-likeness (QED) is 0.897. The largest absolute Gasteiger partial charge is 0.351 e. The molecule has 1 aliphatic heterocycles. The molecular formula is C11H12Cl2N2OS. The number of nitrogens with one attached hydrogen (secondary N) is 2. The van der Waals surface area contributed by atoms with Gasteiger partial charge in [0.25, 0.3) is 0 Å². The number of hydrogen-bond acceptors (Lipinski definition) is 3. The number of rotatable bonds is 3. The fourth-order valence-electron chi connectivity index (χ4n) is 1.53. The fraction of sp³-hybridized carbons (Fsp3) is 0.364. The number of carbonyl (C=O) groups is 1. The normalized spacial score (nSPS) is 19.3. The van der Waals surface area contributed by atoms with Crippen molar-refractivity contribution >= 4 is 40.9 Å². The molecule has 1 aliphatic rings. The summed E-state index contributed by atoms with van der Waals surface area (Å²) in [6.07, 6.45) is 0. The third-order valence-corrected chi connectivity index (χ3v) is 4.03. The fourth-order valence-corrected chi connectivity index (χ4v) is 2.95. The molecule has 3 nitrogen and oxygen atoms in total. The molecule has 0 spiro atoms. The Morgan fingerprint density at radius 2 is 2.35 bits per heavy atom. The van der Waals surface area contributed by atoms with Crippen LogP contribution in [0.15, 0.2) is 18.2 Å². The van der Waals surface area contributed by atoms with Gasteiger partial charge in [-0.1, -0.05) is 29.3 Å². The number of thioether (sulfide) groups is 1. The average Bonchev–Trinajstić information content (AvgIpc) is 2.81. The molecule has 1 atom stereocenters. The lowest BCUT2D eigenvalue weighted by molar-refractivity contribution is -0.122. The summed E-state index contributed by atoms with van der Waals surface area (Å²) in [5, 5.41) is 7.14. The van der Waals surface area contributed by atoms with Crippen molar-refractivity contribution in [3.05, 3.63) is 33.8 Å². The monoisotopic (exact) mass is 290 g/mol. The highest BCUT2D eigenvalue weighted by Gasteiger charge is 2.22. The summed E-state index contributed by atoms with van der Waals surface area (Å²) in [7, 11) is 0. The molecule has 0 aromatic heterocycles. The number of amides is 1. The predicted octanol–water partition coefficient (Wildman–Crippen LogP) is 2.27. The van der Waals surface area contributed by atoms with E-state index in [0.29, 0.717) is 16.6 Å². The Morgan fingerprint density at radius 1 is 1.53 bits per heavy atom. The van der Waals surface area contributed by atoms with Gasteiger partial charge in [0.15, 0.2) is 0 Å². The molecule has 1 saturated heterocycles. The van der Waals surface area contributed by atoms with Gasteiger partial charge < -0.3 is 5.32 Å². The lowest BCUT2D eigenvalue weighted by Gasteiger charge is -2.11. The molecule has 0 aliphatic carbocycles. The standard InChI is InChI=1S/C11H12Cl2N2OS/c12-8-2-1-7(9(13)3-8)4-14-11(16)10-5-17-6-15-10/h1-3,10,15H,4-6H2,(H,14,16). The summed E-state index contributed by atoms with van der Waals surface area (Å²) >= 11 is 13.5. The van der Waals surface area contributed by atoms with Gasteiger partial charge in [0.05, 0.1) is 6.04 Å².